The third kappa shape index (κ3) is 8.72. The van der Waals surface area contributed by atoms with Crippen molar-refractivity contribution in [1.29, 1.82) is 0 Å². The Morgan fingerprint density at radius 3 is 2.32 bits per heavy atom. The normalized spacial score (nSPS) is 12.2. The van der Waals surface area contributed by atoms with Gasteiger partial charge in [0.1, 0.15) is 0 Å². The summed E-state index contributed by atoms with van der Waals surface area (Å²) in [5.74, 6) is -4.11. The van der Waals surface area contributed by atoms with Gasteiger partial charge in [0.15, 0.2) is 6.10 Å². The van der Waals surface area contributed by atoms with Crippen LogP contribution in [0.15, 0.2) is 48.5 Å². The molecule has 2 unspecified atom stereocenters. The molecule has 0 heterocycles. The number of aliphatic hydroxyl groups is 1. The van der Waals surface area contributed by atoms with Gasteiger partial charge in [-0.25, -0.2) is 14.4 Å². The summed E-state index contributed by atoms with van der Waals surface area (Å²) in [4.78, 5) is 45.7. The number of esters is 1. The minimum Gasteiger partial charge on any atom is -0.474 e. The average molecular weight is 494 g/mol. The first kappa shape index (κ1) is 26.6. The Morgan fingerprint density at radius 1 is 1.00 bits per heavy atom. The Labute approximate surface area is 200 Å². The zero-order valence-corrected chi connectivity index (χ0v) is 19.0. The second-order valence-corrected chi connectivity index (χ2v) is 7.48. The molecule has 1 amide bonds. The number of amides is 1. The number of carbonyl (C=O) groups is 4. The summed E-state index contributed by atoms with van der Waals surface area (Å²) in [6.07, 6.45) is -2.97. The summed E-state index contributed by atoms with van der Waals surface area (Å²) in [6, 6.07) is 13.6. The first-order valence-electron chi connectivity index (χ1n) is 10.2. The smallest absolute Gasteiger partial charge is 0.474 e. The Balaban J connectivity index is 2.02. The highest BCUT2D eigenvalue weighted by atomic mass is 35.5. The zero-order valence-electron chi connectivity index (χ0n) is 18.2. The van der Waals surface area contributed by atoms with Crippen LogP contribution in [0, 0.1) is 0 Å². The number of aliphatic carboxylic acids is 1. The van der Waals surface area contributed by atoms with Gasteiger partial charge in [-0.3, -0.25) is 4.79 Å². The lowest BCUT2D eigenvalue weighted by atomic mass is 9.98. The Hall–Kier alpha value is -3.63. The summed E-state index contributed by atoms with van der Waals surface area (Å²) < 4.78 is 13.6. The summed E-state index contributed by atoms with van der Waals surface area (Å²) in [7, 11) is 0. The Bertz CT molecular complexity index is 1010. The topological polar surface area (TPSA) is 148 Å². The lowest BCUT2D eigenvalue weighted by Crippen LogP contribution is -2.43. The molecule has 34 heavy (non-hydrogen) atoms. The molecule has 0 aromatic heterocycles. The highest BCUT2D eigenvalue weighted by molar-refractivity contribution is 6.31. The van der Waals surface area contributed by atoms with Crippen LogP contribution in [-0.4, -0.2) is 59.8 Å². The van der Waals surface area contributed by atoms with Crippen LogP contribution in [0.1, 0.15) is 18.9 Å². The number of halogens is 1. The Kier molecular flexibility index (Phi) is 10.3. The molecule has 0 radical (unpaired) electrons. The van der Waals surface area contributed by atoms with Gasteiger partial charge in [0.2, 0.25) is 6.79 Å². The van der Waals surface area contributed by atoms with Crippen molar-refractivity contribution in [2.75, 3.05) is 13.4 Å². The number of nitrogens with one attached hydrogen (secondary N) is 1. The van der Waals surface area contributed by atoms with Crippen LogP contribution in [-0.2, 0) is 35.0 Å². The third-order valence-corrected chi connectivity index (χ3v) is 4.78. The lowest BCUT2D eigenvalue weighted by Gasteiger charge is -2.20. The number of ether oxygens (including phenoxy) is 3. The maximum atomic E-state index is 12.0. The number of carboxylic acid groups (broad SMARTS) is 1. The maximum Gasteiger partial charge on any atom is 0.511 e. The van der Waals surface area contributed by atoms with Gasteiger partial charge in [0.05, 0.1) is 6.61 Å². The van der Waals surface area contributed by atoms with Gasteiger partial charge in [0, 0.05) is 17.5 Å². The summed E-state index contributed by atoms with van der Waals surface area (Å²) >= 11 is 6.02. The van der Waals surface area contributed by atoms with E-state index in [2.05, 4.69) is 19.5 Å². The number of aliphatic hydroxyl groups excluding tert-OH is 1. The molecule has 11 heteroatoms. The van der Waals surface area contributed by atoms with Gasteiger partial charge in [-0.05, 0) is 42.2 Å². The van der Waals surface area contributed by atoms with Crippen LogP contribution < -0.4 is 5.32 Å². The van der Waals surface area contributed by atoms with Crippen molar-refractivity contribution >= 4 is 35.6 Å². The van der Waals surface area contributed by atoms with Gasteiger partial charge in [-0.15, -0.1) is 0 Å². The van der Waals surface area contributed by atoms with Gasteiger partial charge >= 0.3 is 24.0 Å². The molecule has 3 N–H and O–H groups in total. The standard InChI is InChI=1S/C23H24ClNO9/c1-2-32-23(31)34-13-33-22(30)19(26)12-18(25-20(27)21(28)29)10-14-6-8-15(9-7-14)16-4-3-5-17(24)11-16/h3-9,11,18-19,26H,2,10,12-13H2,1H3,(H,25,27)(H,28,29). The van der Waals surface area contributed by atoms with E-state index in [0.29, 0.717) is 10.6 Å². The fourth-order valence-electron chi connectivity index (χ4n) is 2.98. The molecule has 0 fully saturated rings. The van der Waals surface area contributed by atoms with Crippen LogP contribution in [0.2, 0.25) is 5.02 Å². The van der Waals surface area contributed by atoms with Crippen LogP contribution in [0.25, 0.3) is 11.1 Å². The highest BCUT2D eigenvalue weighted by Crippen LogP contribution is 2.23. The molecule has 2 aromatic carbocycles. The van der Waals surface area contributed by atoms with Crippen molar-refractivity contribution in [1.82, 2.24) is 5.32 Å². The second-order valence-electron chi connectivity index (χ2n) is 7.05. The van der Waals surface area contributed by atoms with Crippen LogP contribution >= 0.6 is 11.6 Å². The molecule has 10 nitrogen and oxygen atoms in total. The van der Waals surface area contributed by atoms with Crippen molar-refractivity contribution in [3.63, 3.8) is 0 Å². The zero-order chi connectivity index (χ0) is 25.1. The number of benzene rings is 2. The van der Waals surface area contributed by atoms with Gasteiger partial charge in [-0.2, -0.15) is 0 Å². The fraction of sp³-hybridized carbons (Fsp3) is 0.304. The van der Waals surface area contributed by atoms with E-state index in [1.54, 1.807) is 31.2 Å². The Morgan fingerprint density at radius 2 is 1.71 bits per heavy atom. The molecule has 0 saturated heterocycles. The minimum atomic E-state index is -1.71. The average Bonchev–Trinajstić information content (AvgIpc) is 2.79. The number of carboxylic acids is 1. The quantitative estimate of drug-likeness (QED) is 0.258. The molecular weight excluding hydrogens is 470 g/mol. The fourth-order valence-corrected chi connectivity index (χ4v) is 3.17. The van der Waals surface area contributed by atoms with Crippen LogP contribution in [0.3, 0.4) is 0 Å². The van der Waals surface area contributed by atoms with Crippen molar-refractivity contribution in [3.8, 4) is 11.1 Å². The molecule has 182 valence electrons. The molecule has 0 aliphatic rings. The lowest BCUT2D eigenvalue weighted by molar-refractivity contribution is -0.164. The highest BCUT2D eigenvalue weighted by Gasteiger charge is 2.26. The molecule has 0 saturated carbocycles. The first-order valence-corrected chi connectivity index (χ1v) is 10.6. The van der Waals surface area contributed by atoms with E-state index >= 15 is 0 Å². The van der Waals surface area contributed by atoms with E-state index in [9.17, 15) is 24.3 Å². The molecule has 0 spiro atoms. The molecular formula is C23H24ClNO9. The molecule has 2 rings (SSSR count). The molecule has 0 bridgehead atoms. The summed E-state index contributed by atoms with van der Waals surface area (Å²) in [5, 5.41) is 21.9. The molecule has 2 aromatic rings. The van der Waals surface area contributed by atoms with Crippen molar-refractivity contribution in [2.45, 2.75) is 31.9 Å². The SMILES string of the molecule is CCOC(=O)OCOC(=O)C(O)CC(Cc1ccc(-c2cccc(Cl)c2)cc1)NC(=O)C(=O)O. The third-order valence-electron chi connectivity index (χ3n) is 4.54. The van der Waals surface area contributed by atoms with Crippen molar-refractivity contribution in [2.24, 2.45) is 0 Å². The van der Waals surface area contributed by atoms with Crippen molar-refractivity contribution in [3.05, 3.63) is 59.1 Å². The monoisotopic (exact) mass is 493 g/mol. The van der Waals surface area contributed by atoms with E-state index in [1.165, 1.54) is 0 Å². The number of rotatable bonds is 10. The summed E-state index contributed by atoms with van der Waals surface area (Å²) in [6.45, 7) is 0.861. The van der Waals surface area contributed by atoms with Gasteiger partial charge < -0.3 is 29.7 Å². The van der Waals surface area contributed by atoms with Gasteiger partial charge in [0.25, 0.3) is 0 Å². The molecule has 0 aliphatic carbocycles. The maximum absolute atomic E-state index is 12.0. The van der Waals surface area contributed by atoms with E-state index < -0.39 is 42.9 Å². The van der Waals surface area contributed by atoms with E-state index in [4.69, 9.17) is 16.7 Å². The van der Waals surface area contributed by atoms with Gasteiger partial charge in [-0.1, -0.05) is 48.0 Å². The van der Waals surface area contributed by atoms with E-state index in [-0.39, 0.29) is 19.4 Å². The van der Waals surface area contributed by atoms with Crippen LogP contribution in [0.4, 0.5) is 4.79 Å². The van der Waals surface area contributed by atoms with E-state index in [0.717, 1.165) is 11.1 Å². The van der Waals surface area contributed by atoms with Crippen LogP contribution in [0.5, 0.6) is 0 Å². The predicted octanol–water partition coefficient (Wildman–Crippen LogP) is 2.54. The van der Waals surface area contributed by atoms with Crippen molar-refractivity contribution < 1.29 is 43.6 Å². The van der Waals surface area contributed by atoms with E-state index in [1.807, 2.05) is 24.3 Å². The molecule has 0 aliphatic heterocycles. The number of carbonyl (C=O) groups excluding carboxylic acids is 3. The second kappa shape index (κ2) is 13.2. The number of hydrogen-bond donors (Lipinski definition) is 3. The largest absolute Gasteiger partial charge is 0.511 e. The summed E-state index contributed by atoms with van der Waals surface area (Å²) in [5.41, 5.74) is 2.51. The first-order chi connectivity index (χ1) is 16.2. The minimum absolute atomic E-state index is 0.0699. The number of hydrogen-bond acceptors (Lipinski definition) is 8. The predicted molar refractivity (Wildman–Crippen MR) is 120 cm³/mol. The molecule has 2 atom stereocenters.